The SMILES string of the molecule is CC(C)CCNC(=O)CCc1nc(-c2ccc(N3CCCCC3)cc2)no1. The fourth-order valence-electron chi connectivity index (χ4n) is 3.26. The van der Waals surface area contributed by atoms with Crippen LogP contribution in [0.15, 0.2) is 28.8 Å². The first-order chi connectivity index (χ1) is 13.1. The van der Waals surface area contributed by atoms with E-state index in [4.69, 9.17) is 4.52 Å². The number of carbonyl (C=O) groups excluding carboxylic acids is 1. The molecule has 1 aromatic heterocycles. The molecule has 3 rings (SSSR count). The molecule has 1 amide bonds. The molecule has 6 nitrogen and oxygen atoms in total. The van der Waals surface area contributed by atoms with Gasteiger partial charge in [-0.15, -0.1) is 0 Å². The third-order valence-corrected chi connectivity index (χ3v) is 4.92. The summed E-state index contributed by atoms with van der Waals surface area (Å²) in [6.45, 7) is 7.27. The number of benzene rings is 1. The Hall–Kier alpha value is -2.37. The van der Waals surface area contributed by atoms with Crippen molar-refractivity contribution in [1.82, 2.24) is 15.5 Å². The molecule has 0 saturated carbocycles. The zero-order chi connectivity index (χ0) is 19.1. The molecule has 146 valence electrons. The second-order valence-electron chi connectivity index (χ2n) is 7.64. The van der Waals surface area contributed by atoms with Crippen LogP contribution in [-0.4, -0.2) is 35.7 Å². The number of amides is 1. The van der Waals surface area contributed by atoms with Crippen LogP contribution < -0.4 is 10.2 Å². The van der Waals surface area contributed by atoms with Crippen LogP contribution in [0.3, 0.4) is 0 Å². The summed E-state index contributed by atoms with van der Waals surface area (Å²) in [5.41, 5.74) is 2.19. The van der Waals surface area contributed by atoms with Gasteiger partial charge in [0, 0.05) is 43.7 Å². The minimum absolute atomic E-state index is 0.0290. The molecule has 1 N–H and O–H groups in total. The van der Waals surface area contributed by atoms with Crippen molar-refractivity contribution in [1.29, 1.82) is 0 Å². The molecule has 6 heteroatoms. The summed E-state index contributed by atoms with van der Waals surface area (Å²) in [7, 11) is 0. The van der Waals surface area contributed by atoms with E-state index in [9.17, 15) is 4.79 Å². The van der Waals surface area contributed by atoms with E-state index >= 15 is 0 Å². The highest BCUT2D eigenvalue weighted by Gasteiger charge is 2.13. The van der Waals surface area contributed by atoms with Gasteiger partial charge in [0.25, 0.3) is 0 Å². The third kappa shape index (κ3) is 5.81. The number of carbonyl (C=O) groups is 1. The summed E-state index contributed by atoms with van der Waals surface area (Å²) in [6, 6.07) is 8.33. The van der Waals surface area contributed by atoms with E-state index in [1.807, 2.05) is 12.1 Å². The van der Waals surface area contributed by atoms with Crippen molar-refractivity contribution < 1.29 is 9.32 Å². The lowest BCUT2D eigenvalue weighted by atomic mass is 10.1. The van der Waals surface area contributed by atoms with E-state index in [0.29, 0.717) is 30.5 Å². The number of aryl methyl sites for hydroxylation is 1. The predicted octanol–water partition coefficient (Wildman–Crippen LogP) is 3.82. The molecule has 0 bridgehead atoms. The van der Waals surface area contributed by atoms with Crippen molar-refractivity contribution in [2.24, 2.45) is 5.92 Å². The number of hydrogen-bond acceptors (Lipinski definition) is 5. The van der Waals surface area contributed by atoms with Gasteiger partial charge in [0.05, 0.1) is 0 Å². The van der Waals surface area contributed by atoms with E-state index in [-0.39, 0.29) is 5.91 Å². The van der Waals surface area contributed by atoms with Gasteiger partial charge in [-0.1, -0.05) is 19.0 Å². The van der Waals surface area contributed by atoms with Gasteiger partial charge in [0.15, 0.2) is 0 Å². The van der Waals surface area contributed by atoms with Gasteiger partial charge >= 0.3 is 0 Å². The molecule has 2 aromatic rings. The Morgan fingerprint density at radius 3 is 2.63 bits per heavy atom. The summed E-state index contributed by atoms with van der Waals surface area (Å²) in [5, 5.41) is 6.99. The molecule has 1 saturated heterocycles. The molecule has 27 heavy (non-hydrogen) atoms. The van der Waals surface area contributed by atoms with Crippen molar-refractivity contribution >= 4 is 11.6 Å². The predicted molar refractivity (Wildman–Crippen MR) is 107 cm³/mol. The first-order valence-corrected chi connectivity index (χ1v) is 10.1. The van der Waals surface area contributed by atoms with Crippen LogP contribution in [-0.2, 0) is 11.2 Å². The van der Waals surface area contributed by atoms with Crippen LogP contribution in [0.5, 0.6) is 0 Å². The maximum absolute atomic E-state index is 11.9. The van der Waals surface area contributed by atoms with Crippen LogP contribution in [0.2, 0.25) is 0 Å². The molecule has 0 atom stereocenters. The van der Waals surface area contributed by atoms with Gasteiger partial charge < -0.3 is 14.7 Å². The number of anilines is 1. The summed E-state index contributed by atoms with van der Waals surface area (Å²) < 4.78 is 5.31. The van der Waals surface area contributed by atoms with E-state index < -0.39 is 0 Å². The lowest BCUT2D eigenvalue weighted by molar-refractivity contribution is -0.121. The third-order valence-electron chi connectivity index (χ3n) is 4.92. The monoisotopic (exact) mass is 370 g/mol. The molecule has 2 heterocycles. The molecule has 1 aliphatic rings. The maximum atomic E-state index is 11.9. The van der Waals surface area contributed by atoms with Gasteiger partial charge in [-0.05, 0) is 55.9 Å². The van der Waals surface area contributed by atoms with Crippen molar-refractivity contribution in [3.8, 4) is 11.4 Å². The number of nitrogens with zero attached hydrogens (tertiary/aromatic N) is 3. The topological polar surface area (TPSA) is 71.3 Å². The smallest absolute Gasteiger partial charge is 0.227 e. The Morgan fingerprint density at radius 2 is 1.93 bits per heavy atom. The van der Waals surface area contributed by atoms with Crippen LogP contribution in [0.4, 0.5) is 5.69 Å². The second-order valence-corrected chi connectivity index (χ2v) is 7.64. The number of nitrogens with one attached hydrogen (secondary N) is 1. The minimum atomic E-state index is 0.0290. The van der Waals surface area contributed by atoms with E-state index in [1.54, 1.807) is 0 Å². The van der Waals surface area contributed by atoms with Crippen molar-refractivity contribution in [3.63, 3.8) is 0 Å². The fourth-order valence-corrected chi connectivity index (χ4v) is 3.26. The average molecular weight is 370 g/mol. The second kappa shape index (κ2) is 9.53. The molecular formula is C21H30N4O2. The molecule has 1 aliphatic heterocycles. The van der Waals surface area contributed by atoms with Crippen LogP contribution in [0, 0.1) is 5.92 Å². The zero-order valence-electron chi connectivity index (χ0n) is 16.4. The largest absolute Gasteiger partial charge is 0.372 e. The molecule has 0 spiro atoms. The lowest BCUT2D eigenvalue weighted by Gasteiger charge is -2.28. The molecule has 0 radical (unpaired) electrons. The molecule has 0 aliphatic carbocycles. The zero-order valence-corrected chi connectivity index (χ0v) is 16.4. The molecule has 0 unspecified atom stereocenters. The van der Waals surface area contributed by atoms with E-state index in [2.05, 4.69) is 46.3 Å². The average Bonchev–Trinajstić information content (AvgIpc) is 3.16. The number of aromatic nitrogens is 2. The van der Waals surface area contributed by atoms with Gasteiger partial charge in [-0.25, -0.2) is 0 Å². The minimum Gasteiger partial charge on any atom is -0.372 e. The Morgan fingerprint density at radius 1 is 1.19 bits per heavy atom. The standard InChI is InChI=1S/C21H30N4O2/c1-16(2)12-13-22-19(26)10-11-20-23-21(24-27-20)17-6-8-18(9-7-17)25-14-4-3-5-15-25/h6-9,16H,3-5,10-15H2,1-2H3,(H,22,26). The Bertz CT molecular complexity index is 718. The summed E-state index contributed by atoms with van der Waals surface area (Å²) in [6.07, 6.45) is 5.68. The van der Waals surface area contributed by atoms with Crippen molar-refractivity contribution in [3.05, 3.63) is 30.2 Å². The Kier molecular flexibility index (Phi) is 6.85. The van der Waals surface area contributed by atoms with Gasteiger partial charge in [0.1, 0.15) is 0 Å². The fraction of sp³-hybridized carbons (Fsp3) is 0.571. The first-order valence-electron chi connectivity index (χ1n) is 10.1. The number of piperidine rings is 1. The van der Waals surface area contributed by atoms with Gasteiger partial charge in [0.2, 0.25) is 17.6 Å². The Balaban J connectivity index is 1.50. The van der Waals surface area contributed by atoms with Crippen molar-refractivity contribution in [2.45, 2.75) is 52.4 Å². The van der Waals surface area contributed by atoms with Gasteiger partial charge in [-0.3, -0.25) is 4.79 Å². The summed E-state index contributed by atoms with van der Waals surface area (Å²) in [5.74, 6) is 1.70. The van der Waals surface area contributed by atoms with Crippen LogP contribution >= 0.6 is 0 Å². The highest BCUT2D eigenvalue weighted by atomic mass is 16.5. The quantitative estimate of drug-likeness (QED) is 0.765. The van der Waals surface area contributed by atoms with Crippen LogP contribution in [0.1, 0.15) is 51.8 Å². The van der Waals surface area contributed by atoms with Crippen molar-refractivity contribution in [2.75, 3.05) is 24.5 Å². The number of hydrogen-bond donors (Lipinski definition) is 1. The highest BCUT2D eigenvalue weighted by Crippen LogP contribution is 2.23. The summed E-state index contributed by atoms with van der Waals surface area (Å²) in [4.78, 5) is 18.7. The first kappa shape index (κ1) is 19.4. The van der Waals surface area contributed by atoms with Gasteiger partial charge in [-0.2, -0.15) is 4.98 Å². The molecule has 1 aromatic carbocycles. The normalized spacial score (nSPS) is 14.6. The maximum Gasteiger partial charge on any atom is 0.227 e. The molecular weight excluding hydrogens is 340 g/mol. The molecule has 1 fully saturated rings. The van der Waals surface area contributed by atoms with E-state index in [0.717, 1.165) is 31.6 Å². The van der Waals surface area contributed by atoms with Crippen LogP contribution in [0.25, 0.3) is 11.4 Å². The number of rotatable bonds is 8. The van der Waals surface area contributed by atoms with E-state index in [1.165, 1.54) is 24.9 Å². The highest BCUT2D eigenvalue weighted by molar-refractivity contribution is 5.76. The Labute approximate surface area is 161 Å². The lowest BCUT2D eigenvalue weighted by Crippen LogP contribution is -2.29. The summed E-state index contributed by atoms with van der Waals surface area (Å²) >= 11 is 0.